The molecule has 0 radical (unpaired) electrons. The highest BCUT2D eigenvalue weighted by Gasteiger charge is 2.38. The molecule has 0 aliphatic carbocycles. The second-order valence-corrected chi connectivity index (χ2v) is 6.49. The smallest absolute Gasteiger partial charge is 0.325 e. The Morgan fingerprint density at radius 3 is 2.60 bits per heavy atom. The highest BCUT2D eigenvalue weighted by Crippen LogP contribution is 2.23. The standard InChI is InChI=1S/C19H16ClN3O2/c20-15-7-3-1-5-12(15)11-23-18(24)17(22-19(23)25)9-13-10-21-16-8-4-2-6-14(13)16/h1-8,10,17,21H,9,11H2,(H,22,25)/t17-/m1/s1. The molecule has 0 bridgehead atoms. The highest BCUT2D eigenvalue weighted by atomic mass is 35.5. The molecule has 1 aliphatic rings. The molecular formula is C19H16ClN3O2. The van der Waals surface area contributed by atoms with E-state index >= 15 is 0 Å². The Morgan fingerprint density at radius 2 is 1.76 bits per heavy atom. The molecular weight excluding hydrogens is 338 g/mol. The van der Waals surface area contributed by atoms with E-state index in [9.17, 15) is 9.59 Å². The van der Waals surface area contributed by atoms with Crippen LogP contribution in [0.2, 0.25) is 5.02 Å². The Kier molecular flexibility index (Phi) is 3.93. The van der Waals surface area contributed by atoms with Gasteiger partial charge < -0.3 is 10.3 Å². The number of hydrogen-bond donors (Lipinski definition) is 2. The molecule has 1 atom stereocenters. The van der Waals surface area contributed by atoms with Gasteiger partial charge >= 0.3 is 6.03 Å². The van der Waals surface area contributed by atoms with Crippen LogP contribution in [-0.4, -0.2) is 27.9 Å². The molecule has 3 amide bonds. The minimum absolute atomic E-state index is 0.175. The van der Waals surface area contributed by atoms with E-state index in [2.05, 4.69) is 10.3 Å². The van der Waals surface area contributed by atoms with Crippen LogP contribution in [0.5, 0.6) is 0 Å². The van der Waals surface area contributed by atoms with Gasteiger partial charge in [-0.05, 0) is 23.3 Å². The summed E-state index contributed by atoms with van der Waals surface area (Å²) in [6.07, 6.45) is 2.34. The Labute approximate surface area is 149 Å². The Hall–Kier alpha value is -2.79. The topological polar surface area (TPSA) is 65.2 Å². The predicted molar refractivity (Wildman–Crippen MR) is 96.3 cm³/mol. The third-order valence-corrected chi connectivity index (χ3v) is 4.86. The van der Waals surface area contributed by atoms with Crippen molar-refractivity contribution in [2.75, 3.05) is 0 Å². The van der Waals surface area contributed by atoms with Gasteiger partial charge in [-0.3, -0.25) is 9.69 Å². The molecule has 25 heavy (non-hydrogen) atoms. The number of hydrogen-bond acceptors (Lipinski definition) is 2. The Balaban J connectivity index is 1.54. The first-order valence-corrected chi connectivity index (χ1v) is 8.41. The van der Waals surface area contributed by atoms with E-state index in [0.29, 0.717) is 11.4 Å². The van der Waals surface area contributed by atoms with Crippen molar-refractivity contribution in [2.45, 2.75) is 19.0 Å². The molecule has 6 heteroatoms. The van der Waals surface area contributed by atoms with Crippen LogP contribution >= 0.6 is 11.6 Å². The number of urea groups is 1. The average Bonchev–Trinajstić information content (AvgIpc) is 3.13. The van der Waals surface area contributed by atoms with Crippen molar-refractivity contribution in [2.24, 2.45) is 0 Å². The molecule has 1 fully saturated rings. The van der Waals surface area contributed by atoms with Crippen LogP contribution in [-0.2, 0) is 17.8 Å². The van der Waals surface area contributed by atoms with Gasteiger partial charge in [-0.15, -0.1) is 0 Å². The third kappa shape index (κ3) is 2.87. The van der Waals surface area contributed by atoms with Gasteiger partial charge in [0.25, 0.3) is 5.91 Å². The summed E-state index contributed by atoms with van der Waals surface area (Å²) < 4.78 is 0. The maximum atomic E-state index is 12.7. The summed E-state index contributed by atoms with van der Waals surface area (Å²) in [7, 11) is 0. The molecule has 126 valence electrons. The zero-order valence-corrected chi connectivity index (χ0v) is 14.1. The lowest BCUT2D eigenvalue weighted by atomic mass is 10.0. The number of amides is 3. The Morgan fingerprint density at radius 1 is 1.00 bits per heavy atom. The van der Waals surface area contributed by atoms with Gasteiger partial charge in [-0.1, -0.05) is 48.0 Å². The molecule has 1 saturated heterocycles. The van der Waals surface area contributed by atoms with Crippen LogP contribution in [0.3, 0.4) is 0 Å². The van der Waals surface area contributed by atoms with E-state index < -0.39 is 6.04 Å². The minimum Gasteiger partial charge on any atom is -0.361 e. The van der Waals surface area contributed by atoms with E-state index in [0.717, 1.165) is 22.0 Å². The van der Waals surface area contributed by atoms with E-state index in [4.69, 9.17) is 11.6 Å². The third-order valence-electron chi connectivity index (χ3n) is 4.49. The van der Waals surface area contributed by atoms with Gasteiger partial charge in [0.15, 0.2) is 0 Å². The number of H-pyrrole nitrogens is 1. The minimum atomic E-state index is -0.561. The summed E-state index contributed by atoms with van der Waals surface area (Å²) in [5, 5.41) is 4.39. The molecule has 2 N–H and O–H groups in total. The lowest BCUT2D eigenvalue weighted by Gasteiger charge is -2.14. The van der Waals surface area contributed by atoms with Crippen molar-refractivity contribution in [1.29, 1.82) is 0 Å². The quantitative estimate of drug-likeness (QED) is 0.705. The van der Waals surface area contributed by atoms with Crippen LogP contribution in [0.15, 0.2) is 54.7 Å². The lowest BCUT2D eigenvalue weighted by molar-refractivity contribution is -0.127. The van der Waals surface area contributed by atoms with Gasteiger partial charge in [0.05, 0.1) is 6.54 Å². The Bertz CT molecular complexity index is 966. The van der Waals surface area contributed by atoms with Crippen LogP contribution in [0.25, 0.3) is 10.9 Å². The molecule has 2 aromatic carbocycles. The van der Waals surface area contributed by atoms with Gasteiger partial charge in [-0.2, -0.15) is 0 Å². The number of nitrogens with zero attached hydrogens (tertiary/aromatic N) is 1. The number of imide groups is 1. The normalized spacial score (nSPS) is 17.3. The molecule has 2 heterocycles. The fraction of sp³-hybridized carbons (Fsp3) is 0.158. The van der Waals surface area contributed by atoms with Gasteiger partial charge in [0.2, 0.25) is 0 Å². The van der Waals surface area contributed by atoms with Gasteiger partial charge in [0, 0.05) is 28.5 Å². The van der Waals surface area contributed by atoms with Crippen LogP contribution in [0.4, 0.5) is 4.79 Å². The summed E-state index contributed by atoms with van der Waals surface area (Å²) in [5.41, 5.74) is 2.77. The summed E-state index contributed by atoms with van der Waals surface area (Å²) in [4.78, 5) is 29.3. The fourth-order valence-electron chi connectivity index (χ4n) is 3.18. The maximum absolute atomic E-state index is 12.7. The van der Waals surface area contributed by atoms with E-state index in [1.54, 1.807) is 6.07 Å². The second kappa shape index (κ2) is 6.26. The maximum Gasteiger partial charge on any atom is 0.325 e. The number of para-hydroxylation sites is 1. The average molecular weight is 354 g/mol. The molecule has 1 aromatic heterocycles. The predicted octanol–water partition coefficient (Wildman–Crippen LogP) is 3.48. The summed E-state index contributed by atoms with van der Waals surface area (Å²) in [6.45, 7) is 0.175. The lowest BCUT2D eigenvalue weighted by Crippen LogP contribution is -2.32. The summed E-state index contributed by atoms with van der Waals surface area (Å²) >= 11 is 6.14. The molecule has 0 saturated carbocycles. The van der Waals surface area contributed by atoms with Gasteiger partial charge in [-0.25, -0.2) is 4.79 Å². The SMILES string of the molecule is O=C1N[C@H](Cc2c[nH]c3ccccc23)C(=O)N1Cc1ccccc1Cl. The van der Waals surface area contributed by atoms with Crippen molar-refractivity contribution >= 4 is 34.4 Å². The fourth-order valence-corrected chi connectivity index (χ4v) is 3.38. The number of carbonyl (C=O) groups is 2. The van der Waals surface area contributed by atoms with Crippen molar-refractivity contribution in [3.05, 3.63) is 70.9 Å². The van der Waals surface area contributed by atoms with Gasteiger partial charge in [0.1, 0.15) is 6.04 Å². The number of carbonyl (C=O) groups excluding carboxylic acids is 2. The van der Waals surface area contributed by atoms with E-state index in [-0.39, 0.29) is 18.5 Å². The zero-order valence-electron chi connectivity index (χ0n) is 13.3. The van der Waals surface area contributed by atoms with Crippen molar-refractivity contribution in [1.82, 2.24) is 15.2 Å². The number of rotatable bonds is 4. The molecule has 1 aliphatic heterocycles. The summed E-state index contributed by atoms with van der Waals surface area (Å²) in [5.74, 6) is -0.227. The second-order valence-electron chi connectivity index (χ2n) is 6.08. The van der Waals surface area contributed by atoms with Crippen LogP contribution < -0.4 is 5.32 Å². The zero-order chi connectivity index (χ0) is 17.4. The van der Waals surface area contributed by atoms with Crippen LogP contribution in [0.1, 0.15) is 11.1 Å². The van der Waals surface area contributed by atoms with Crippen molar-refractivity contribution < 1.29 is 9.59 Å². The van der Waals surface area contributed by atoms with E-state index in [1.165, 1.54) is 4.90 Å². The number of aromatic amines is 1. The van der Waals surface area contributed by atoms with E-state index in [1.807, 2.05) is 48.7 Å². The van der Waals surface area contributed by atoms with Crippen LogP contribution in [0, 0.1) is 0 Å². The monoisotopic (exact) mass is 353 g/mol. The highest BCUT2D eigenvalue weighted by molar-refractivity contribution is 6.31. The number of benzene rings is 2. The first-order chi connectivity index (χ1) is 12.1. The molecule has 4 rings (SSSR count). The summed E-state index contributed by atoms with van der Waals surface area (Å²) in [6, 6.07) is 14.2. The molecule has 5 nitrogen and oxygen atoms in total. The number of fused-ring (bicyclic) bond motifs is 1. The first kappa shape index (κ1) is 15.7. The molecule has 0 unspecified atom stereocenters. The largest absolute Gasteiger partial charge is 0.361 e. The first-order valence-electron chi connectivity index (χ1n) is 8.04. The van der Waals surface area contributed by atoms with Crippen molar-refractivity contribution in [3.8, 4) is 0 Å². The number of aromatic nitrogens is 1. The number of halogens is 1. The molecule has 3 aromatic rings. The molecule has 0 spiro atoms. The van der Waals surface area contributed by atoms with Crippen molar-refractivity contribution in [3.63, 3.8) is 0 Å². The number of nitrogens with one attached hydrogen (secondary N) is 2.